The molecule has 0 spiro atoms. The minimum absolute atomic E-state index is 0.889. The van der Waals surface area contributed by atoms with Gasteiger partial charge in [0.2, 0.25) is 0 Å². The van der Waals surface area contributed by atoms with E-state index in [2.05, 4.69) is 13.0 Å². The van der Waals surface area contributed by atoms with Crippen molar-refractivity contribution in [2.45, 2.75) is 19.8 Å². The molecule has 0 radical (unpaired) electrons. The van der Waals surface area contributed by atoms with Gasteiger partial charge in [0, 0.05) is 25.7 Å². The van der Waals surface area contributed by atoms with Gasteiger partial charge in [-0.05, 0) is 18.1 Å². The molecule has 0 amide bonds. The van der Waals surface area contributed by atoms with Crippen molar-refractivity contribution in [3.8, 4) is 5.75 Å². The molecule has 1 aromatic carbocycles. The third-order valence-electron chi connectivity index (χ3n) is 2.10. The summed E-state index contributed by atoms with van der Waals surface area (Å²) in [4.78, 5) is 0. The van der Waals surface area contributed by atoms with Crippen molar-refractivity contribution in [2.75, 3.05) is 20.8 Å². The Kier molecular flexibility index (Phi) is 4.47. The Labute approximate surface area is 85.8 Å². The molecule has 0 heterocycles. The van der Waals surface area contributed by atoms with Crippen molar-refractivity contribution in [1.29, 1.82) is 0 Å². The highest BCUT2D eigenvalue weighted by atomic mass is 16.5. The van der Waals surface area contributed by atoms with Crippen LogP contribution in [0.2, 0.25) is 0 Å². The van der Waals surface area contributed by atoms with Gasteiger partial charge in [-0.25, -0.2) is 0 Å². The Bertz CT molecular complexity index is 280. The lowest BCUT2D eigenvalue weighted by Gasteiger charge is -1.94. The Balaban J connectivity index is 0.000000171. The van der Waals surface area contributed by atoms with Crippen LogP contribution in [0, 0.1) is 0 Å². The smallest absolute Gasteiger partial charge is 0.122 e. The van der Waals surface area contributed by atoms with Crippen LogP contribution in [0.15, 0.2) is 18.2 Å². The predicted octanol–water partition coefficient (Wildman–Crippen LogP) is 2.64. The van der Waals surface area contributed by atoms with Crippen LogP contribution < -0.4 is 4.74 Å². The Morgan fingerprint density at radius 2 is 2.07 bits per heavy atom. The molecule has 0 bridgehead atoms. The first kappa shape index (κ1) is 11.1. The summed E-state index contributed by atoms with van der Waals surface area (Å²) in [6.45, 7) is 2.98. The van der Waals surface area contributed by atoms with E-state index in [0.29, 0.717) is 0 Å². The highest BCUT2D eigenvalue weighted by Crippen LogP contribution is 2.35. The first-order valence-corrected chi connectivity index (χ1v) is 4.97. The minimum atomic E-state index is 0.889. The molecular weight excluding hydrogens is 176 g/mol. The van der Waals surface area contributed by atoms with Gasteiger partial charge < -0.3 is 9.47 Å². The van der Waals surface area contributed by atoms with E-state index >= 15 is 0 Å². The van der Waals surface area contributed by atoms with Crippen LogP contribution >= 0.6 is 0 Å². The quantitative estimate of drug-likeness (QED) is 0.747. The van der Waals surface area contributed by atoms with E-state index < -0.39 is 0 Å². The van der Waals surface area contributed by atoms with Gasteiger partial charge >= 0.3 is 0 Å². The second-order valence-electron chi connectivity index (χ2n) is 3.27. The zero-order valence-electron chi connectivity index (χ0n) is 9.17. The Hall–Kier alpha value is -1.02. The average molecular weight is 194 g/mol. The van der Waals surface area contributed by atoms with E-state index in [1.165, 1.54) is 11.1 Å². The Morgan fingerprint density at radius 1 is 1.29 bits per heavy atom. The van der Waals surface area contributed by atoms with Crippen molar-refractivity contribution >= 4 is 0 Å². The van der Waals surface area contributed by atoms with E-state index in [1.54, 1.807) is 14.2 Å². The Morgan fingerprint density at radius 3 is 2.50 bits per heavy atom. The largest absolute Gasteiger partial charge is 0.496 e. The first-order valence-electron chi connectivity index (χ1n) is 4.97. The standard InChI is InChI=1S/C8H8O.C4H10O/c1-9-8-4-2-3-6-5-7(6)8;1-3-4-5-2/h2-4H,5H2,1H3;3-4H2,1-2H3. The fourth-order valence-electron chi connectivity index (χ4n) is 1.30. The number of benzene rings is 1. The van der Waals surface area contributed by atoms with Gasteiger partial charge in [0.15, 0.2) is 0 Å². The van der Waals surface area contributed by atoms with Crippen molar-refractivity contribution in [3.05, 3.63) is 29.3 Å². The fraction of sp³-hybridized carbons (Fsp3) is 0.500. The van der Waals surface area contributed by atoms with Crippen LogP contribution in [0.3, 0.4) is 0 Å². The maximum atomic E-state index is 5.10. The average Bonchev–Trinajstić information content (AvgIpc) is 2.98. The summed E-state index contributed by atoms with van der Waals surface area (Å²) >= 11 is 0. The van der Waals surface area contributed by atoms with Crippen LogP contribution in [0.4, 0.5) is 0 Å². The molecule has 1 aliphatic rings. The summed E-state index contributed by atoms with van der Waals surface area (Å²) in [5.41, 5.74) is 2.83. The second kappa shape index (κ2) is 5.66. The SMILES string of the molecule is CCCOC.COc1cccc2c1C2. The zero-order chi connectivity index (χ0) is 10.4. The lowest BCUT2D eigenvalue weighted by molar-refractivity contribution is 0.199. The molecule has 0 fully saturated rings. The van der Waals surface area contributed by atoms with Crippen LogP contribution in [-0.4, -0.2) is 20.8 Å². The van der Waals surface area contributed by atoms with Crippen LogP contribution in [0.5, 0.6) is 5.75 Å². The molecule has 1 aromatic rings. The summed E-state index contributed by atoms with van der Waals surface area (Å²) in [6, 6.07) is 6.17. The van der Waals surface area contributed by atoms with E-state index in [1.807, 2.05) is 12.1 Å². The van der Waals surface area contributed by atoms with Gasteiger partial charge in [-0.1, -0.05) is 19.1 Å². The molecule has 78 valence electrons. The highest BCUT2D eigenvalue weighted by molar-refractivity contribution is 5.54. The van der Waals surface area contributed by atoms with Crippen LogP contribution in [0.1, 0.15) is 24.5 Å². The summed E-state index contributed by atoms with van der Waals surface area (Å²) < 4.78 is 9.79. The maximum Gasteiger partial charge on any atom is 0.122 e. The topological polar surface area (TPSA) is 18.5 Å². The molecule has 14 heavy (non-hydrogen) atoms. The normalized spacial score (nSPS) is 11.1. The van der Waals surface area contributed by atoms with Gasteiger partial charge in [0.25, 0.3) is 0 Å². The third-order valence-corrected chi connectivity index (χ3v) is 2.10. The molecule has 2 rings (SSSR count). The van der Waals surface area contributed by atoms with Gasteiger partial charge in [0.1, 0.15) is 5.75 Å². The highest BCUT2D eigenvalue weighted by Gasteiger charge is 2.20. The van der Waals surface area contributed by atoms with E-state index in [9.17, 15) is 0 Å². The van der Waals surface area contributed by atoms with E-state index in [0.717, 1.165) is 25.2 Å². The summed E-state index contributed by atoms with van der Waals surface area (Å²) in [5, 5.41) is 0. The monoisotopic (exact) mass is 194 g/mol. The number of hydrogen-bond acceptors (Lipinski definition) is 2. The summed E-state index contributed by atoms with van der Waals surface area (Å²) in [7, 11) is 3.43. The van der Waals surface area contributed by atoms with E-state index in [-0.39, 0.29) is 0 Å². The second-order valence-corrected chi connectivity index (χ2v) is 3.27. The van der Waals surface area contributed by atoms with Crippen LogP contribution in [0.25, 0.3) is 0 Å². The number of hydrogen-bond donors (Lipinski definition) is 0. The number of rotatable bonds is 3. The van der Waals surface area contributed by atoms with Gasteiger partial charge in [-0.15, -0.1) is 0 Å². The van der Waals surface area contributed by atoms with Crippen molar-refractivity contribution < 1.29 is 9.47 Å². The fourth-order valence-corrected chi connectivity index (χ4v) is 1.30. The minimum Gasteiger partial charge on any atom is -0.496 e. The molecule has 0 N–H and O–H groups in total. The molecule has 0 saturated carbocycles. The lowest BCUT2D eigenvalue weighted by Crippen LogP contribution is -1.80. The zero-order valence-corrected chi connectivity index (χ0v) is 9.17. The molecule has 2 heteroatoms. The van der Waals surface area contributed by atoms with Crippen molar-refractivity contribution in [1.82, 2.24) is 0 Å². The third kappa shape index (κ3) is 3.04. The first-order chi connectivity index (χ1) is 6.83. The molecule has 2 nitrogen and oxygen atoms in total. The molecule has 0 atom stereocenters. The molecule has 0 aliphatic heterocycles. The molecular formula is C12H18O2. The van der Waals surface area contributed by atoms with Gasteiger partial charge in [-0.2, -0.15) is 0 Å². The van der Waals surface area contributed by atoms with Gasteiger partial charge in [-0.3, -0.25) is 0 Å². The number of fused-ring (bicyclic) bond motifs is 1. The van der Waals surface area contributed by atoms with Crippen molar-refractivity contribution in [3.63, 3.8) is 0 Å². The number of ether oxygens (including phenoxy) is 2. The predicted molar refractivity (Wildman–Crippen MR) is 58.0 cm³/mol. The lowest BCUT2D eigenvalue weighted by atomic mass is 10.3. The summed E-state index contributed by atoms with van der Waals surface area (Å²) in [5.74, 6) is 1.05. The van der Waals surface area contributed by atoms with Gasteiger partial charge in [0.05, 0.1) is 7.11 Å². The van der Waals surface area contributed by atoms with E-state index in [4.69, 9.17) is 9.47 Å². The molecule has 1 aliphatic carbocycles. The molecule has 0 unspecified atom stereocenters. The maximum absolute atomic E-state index is 5.10. The number of methoxy groups -OCH3 is 2. The summed E-state index contributed by atoms with van der Waals surface area (Å²) in [6.07, 6.45) is 2.26. The molecule has 0 saturated heterocycles. The van der Waals surface area contributed by atoms with Crippen LogP contribution in [-0.2, 0) is 11.2 Å². The molecule has 0 aromatic heterocycles. The van der Waals surface area contributed by atoms with Crippen molar-refractivity contribution in [2.24, 2.45) is 0 Å².